The lowest BCUT2D eigenvalue weighted by molar-refractivity contribution is -0.200. The Morgan fingerprint density at radius 1 is 0.774 bits per heavy atom. The second-order valence-electron chi connectivity index (χ2n) is 7.69. The van der Waals surface area contributed by atoms with Crippen LogP contribution >= 0.6 is 0 Å². The first-order valence-electron chi connectivity index (χ1n) is 10.6. The van der Waals surface area contributed by atoms with E-state index in [4.69, 9.17) is 18.9 Å². The standard InChI is InChI=1S/C26H28O5/c27-22-11-13-23(14-12-22)30-26-16-24(29-18-21-9-5-2-6-10-21)15-25(31-26)19-28-17-20-7-3-1-4-8-20/h1-14,24-27H,15-19H2. The van der Waals surface area contributed by atoms with Crippen LogP contribution in [0, 0.1) is 0 Å². The highest BCUT2D eigenvalue weighted by atomic mass is 16.7. The summed E-state index contributed by atoms with van der Waals surface area (Å²) in [5.74, 6) is 0.851. The molecule has 1 aliphatic heterocycles. The molecule has 162 valence electrons. The predicted octanol–water partition coefficient (Wildman–Crippen LogP) is 5.08. The van der Waals surface area contributed by atoms with E-state index in [1.165, 1.54) is 0 Å². The molecule has 4 rings (SSSR count). The molecule has 3 unspecified atom stereocenters. The number of aromatic hydroxyl groups is 1. The van der Waals surface area contributed by atoms with E-state index in [0.717, 1.165) is 17.5 Å². The van der Waals surface area contributed by atoms with Crippen LogP contribution in [0.15, 0.2) is 84.9 Å². The van der Waals surface area contributed by atoms with Gasteiger partial charge in [-0.3, -0.25) is 0 Å². The van der Waals surface area contributed by atoms with Crippen molar-refractivity contribution in [2.24, 2.45) is 0 Å². The van der Waals surface area contributed by atoms with Gasteiger partial charge in [-0.1, -0.05) is 60.7 Å². The minimum Gasteiger partial charge on any atom is -0.508 e. The zero-order chi connectivity index (χ0) is 21.3. The van der Waals surface area contributed by atoms with Crippen LogP contribution in [-0.4, -0.2) is 30.2 Å². The zero-order valence-electron chi connectivity index (χ0n) is 17.4. The third-order valence-corrected chi connectivity index (χ3v) is 5.17. The van der Waals surface area contributed by atoms with Gasteiger partial charge in [0, 0.05) is 12.8 Å². The second kappa shape index (κ2) is 11.0. The van der Waals surface area contributed by atoms with Crippen LogP contribution in [0.5, 0.6) is 11.5 Å². The molecule has 1 heterocycles. The summed E-state index contributed by atoms with van der Waals surface area (Å²) in [5.41, 5.74) is 2.27. The first-order valence-corrected chi connectivity index (χ1v) is 10.6. The number of hydrogen-bond acceptors (Lipinski definition) is 5. The van der Waals surface area contributed by atoms with E-state index in [2.05, 4.69) is 12.1 Å². The summed E-state index contributed by atoms with van der Waals surface area (Å²) in [6, 6.07) is 26.9. The van der Waals surface area contributed by atoms with E-state index >= 15 is 0 Å². The predicted molar refractivity (Wildman–Crippen MR) is 118 cm³/mol. The van der Waals surface area contributed by atoms with E-state index in [9.17, 15) is 5.11 Å². The molecular formula is C26H28O5. The quantitative estimate of drug-likeness (QED) is 0.523. The lowest BCUT2D eigenvalue weighted by Crippen LogP contribution is -2.41. The smallest absolute Gasteiger partial charge is 0.202 e. The van der Waals surface area contributed by atoms with Crippen molar-refractivity contribution in [3.8, 4) is 11.5 Å². The van der Waals surface area contributed by atoms with E-state index in [-0.39, 0.29) is 18.0 Å². The molecule has 0 saturated carbocycles. The minimum atomic E-state index is -0.440. The van der Waals surface area contributed by atoms with Crippen LogP contribution in [-0.2, 0) is 27.4 Å². The molecule has 0 amide bonds. The number of rotatable bonds is 9. The van der Waals surface area contributed by atoms with Crippen LogP contribution in [0.25, 0.3) is 0 Å². The van der Waals surface area contributed by atoms with Gasteiger partial charge in [0.25, 0.3) is 0 Å². The number of phenols is 1. The van der Waals surface area contributed by atoms with Crippen LogP contribution in [0.2, 0.25) is 0 Å². The molecule has 1 aliphatic rings. The lowest BCUT2D eigenvalue weighted by Gasteiger charge is -2.35. The Bertz CT molecular complexity index is 898. The van der Waals surface area contributed by atoms with Crippen molar-refractivity contribution in [3.05, 3.63) is 96.1 Å². The van der Waals surface area contributed by atoms with Gasteiger partial charge in [-0.2, -0.15) is 0 Å². The topological polar surface area (TPSA) is 57.2 Å². The average molecular weight is 421 g/mol. The fourth-order valence-electron chi connectivity index (χ4n) is 3.60. The minimum absolute atomic E-state index is 0.00129. The van der Waals surface area contributed by atoms with E-state index in [1.54, 1.807) is 24.3 Å². The lowest BCUT2D eigenvalue weighted by atomic mass is 10.0. The highest BCUT2D eigenvalue weighted by molar-refractivity contribution is 5.30. The number of benzene rings is 3. The van der Waals surface area contributed by atoms with Crippen molar-refractivity contribution in [1.29, 1.82) is 0 Å². The Balaban J connectivity index is 1.35. The average Bonchev–Trinajstić information content (AvgIpc) is 2.81. The summed E-state index contributed by atoms with van der Waals surface area (Å²) in [4.78, 5) is 0. The molecule has 5 heteroatoms. The maximum absolute atomic E-state index is 9.49. The molecule has 0 bridgehead atoms. The summed E-state index contributed by atoms with van der Waals surface area (Å²) in [7, 11) is 0. The number of ether oxygens (including phenoxy) is 4. The Morgan fingerprint density at radius 3 is 2.10 bits per heavy atom. The van der Waals surface area contributed by atoms with Gasteiger partial charge >= 0.3 is 0 Å². The summed E-state index contributed by atoms with van der Waals surface area (Å²) < 4.78 is 24.3. The molecular weight excluding hydrogens is 392 g/mol. The molecule has 5 nitrogen and oxygen atoms in total. The fourth-order valence-corrected chi connectivity index (χ4v) is 3.60. The second-order valence-corrected chi connectivity index (χ2v) is 7.69. The first-order chi connectivity index (χ1) is 15.2. The van der Waals surface area contributed by atoms with Crippen molar-refractivity contribution in [2.45, 2.75) is 44.6 Å². The molecule has 3 atom stereocenters. The van der Waals surface area contributed by atoms with Gasteiger partial charge in [0.15, 0.2) is 0 Å². The monoisotopic (exact) mass is 420 g/mol. The van der Waals surface area contributed by atoms with Gasteiger partial charge in [-0.25, -0.2) is 0 Å². The Labute approximate surface area is 183 Å². The van der Waals surface area contributed by atoms with Crippen molar-refractivity contribution < 1.29 is 24.1 Å². The molecule has 1 saturated heterocycles. The SMILES string of the molecule is Oc1ccc(OC2CC(OCc3ccccc3)CC(COCc3ccccc3)O2)cc1. The normalized spacial score (nSPS) is 21.0. The van der Waals surface area contributed by atoms with Crippen molar-refractivity contribution in [3.63, 3.8) is 0 Å². The Morgan fingerprint density at radius 2 is 1.42 bits per heavy atom. The molecule has 1 N–H and O–H groups in total. The largest absolute Gasteiger partial charge is 0.508 e. The molecule has 3 aromatic carbocycles. The molecule has 31 heavy (non-hydrogen) atoms. The zero-order valence-corrected chi connectivity index (χ0v) is 17.4. The Kier molecular flexibility index (Phi) is 7.56. The van der Waals surface area contributed by atoms with Gasteiger partial charge in [0.1, 0.15) is 11.5 Å². The van der Waals surface area contributed by atoms with Crippen molar-refractivity contribution in [1.82, 2.24) is 0 Å². The van der Waals surface area contributed by atoms with Crippen LogP contribution in [0.3, 0.4) is 0 Å². The fraction of sp³-hybridized carbons (Fsp3) is 0.308. The molecule has 3 aromatic rings. The van der Waals surface area contributed by atoms with Crippen LogP contribution in [0.4, 0.5) is 0 Å². The van der Waals surface area contributed by atoms with E-state index < -0.39 is 6.29 Å². The highest BCUT2D eigenvalue weighted by Crippen LogP contribution is 2.27. The van der Waals surface area contributed by atoms with Crippen LogP contribution < -0.4 is 4.74 Å². The van der Waals surface area contributed by atoms with E-state index in [0.29, 0.717) is 32.0 Å². The number of phenolic OH excluding ortho intramolecular Hbond substituents is 1. The summed E-state index contributed by atoms with van der Waals surface area (Å²) in [6.07, 6.45) is 0.811. The molecule has 1 fully saturated rings. The maximum Gasteiger partial charge on any atom is 0.202 e. The summed E-state index contributed by atoms with van der Waals surface area (Å²) in [6.45, 7) is 1.56. The molecule has 0 radical (unpaired) electrons. The summed E-state index contributed by atoms with van der Waals surface area (Å²) in [5, 5.41) is 9.49. The van der Waals surface area contributed by atoms with Gasteiger partial charge in [0.05, 0.1) is 32.0 Å². The third-order valence-electron chi connectivity index (χ3n) is 5.17. The first kappa shape index (κ1) is 21.4. The Hall–Kier alpha value is -2.86. The molecule has 0 spiro atoms. The van der Waals surface area contributed by atoms with Gasteiger partial charge in [-0.15, -0.1) is 0 Å². The molecule has 0 aromatic heterocycles. The van der Waals surface area contributed by atoms with Gasteiger partial charge < -0.3 is 24.1 Å². The maximum atomic E-state index is 9.49. The number of hydrogen-bond donors (Lipinski definition) is 1. The summed E-state index contributed by atoms with van der Waals surface area (Å²) >= 11 is 0. The van der Waals surface area contributed by atoms with Crippen molar-refractivity contribution >= 4 is 0 Å². The highest BCUT2D eigenvalue weighted by Gasteiger charge is 2.31. The molecule has 0 aliphatic carbocycles. The van der Waals surface area contributed by atoms with Gasteiger partial charge in [-0.05, 0) is 35.4 Å². The van der Waals surface area contributed by atoms with Gasteiger partial charge in [0.2, 0.25) is 6.29 Å². The van der Waals surface area contributed by atoms with E-state index in [1.807, 2.05) is 48.5 Å². The third kappa shape index (κ3) is 6.82. The van der Waals surface area contributed by atoms with Crippen LogP contribution in [0.1, 0.15) is 24.0 Å². The van der Waals surface area contributed by atoms with Crippen molar-refractivity contribution in [2.75, 3.05) is 6.61 Å².